The monoisotopic (exact) mass is 353 g/mol. The average Bonchev–Trinajstić information content (AvgIpc) is 3.16. The third kappa shape index (κ3) is 3.07. The molecule has 2 atom stereocenters. The van der Waals surface area contributed by atoms with Crippen molar-refractivity contribution in [2.24, 2.45) is 11.7 Å². The van der Waals surface area contributed by atoms with Gasteiger partial charge in [-0.25, -0.2) is 9.18 Å². The molecule has 4 rings (SSSR count). The van der Waals surface area contributed by atoms with Gasteiger partial charge in [-0.15, -0.1) is 0 Å². The molecule has 1 fully saturated rings. The van der Waals surface area contributed by atoms with E-state index in [1.807, 2.05) is 21.9 Å². The van der Waals surface area contributed by atoms with E-state index in [1.165, 1.54) is 17.7 Å². The first-order valence-corrected chi connectivity index (χ1v) is 9.26. The molecular formula is C21H24FN3O. The van der Waals surface area contributed by atoms with Gasteiger partial charge in [0.2, 0.25) is 0 Å². The molecule has 2 aliphatic heterocycles. The highest BCUT2D eigenvalue weighted by molar-refractivity contribution is 5.76. The van der Waals surface area contributed by atoms with E-state index in [2.05, 4.69) is 12.1 Å². The largest absolute Gasteiger partial charge is 0.330 e. The molecular weight excluding hydrogens is 329 g/mol. The summed E-state index contributed by atoms with van der Waals surface area (Å²) < 4.78 is 13.4. The van der Waals surface area contributed by atoms with Gasteiger partial charge in [-0.1, -0.05) is 36.4 Å². The maximum atomic E-state index is 13.4. The molecule has 0 radical (unpaired) electrons. The molecule has 0 aromatic heterocycles. The van der Waals surface area contributed by atoms with Crippen molar-refractivity contribution in [3.8, 4) is 0 Å². The summed E-state index contributed by atoms with van der Waals surface area (Å²) in [5.41, 5.74) is 9.12. The molecule has 5 heteroatoms. The summed E-state index contributed by atoms with van der Waals surface area (Å²) in [7, 11) is 0. The highest BCUT2D eigenvalue weighted by Gasteiger charge is 2.36. The van der Waals surface area contributed by atoms with Gasteiger partial charge in [0, 0.05) is 19.6 Å². The Balaban J connectivity index is 1.69. The minimum absolute atomic E-state index is 0.0600. The molecule has 0 unspecified atom stereocenters. The SMILES string of the molecule is NC[C@@H]1CCN(C(=O)N2CCc3ccccc3[C@@H]2c2ccc(F)cc2)C1. The molecule has 2 aliphatic rings. The molecule has 2 heterocycles. The van der Waals surface area contributed by atoms with E-state index in [0.29, 0.717) is 19.0 Å². The van der Waals surface area contributed by atoms with Crippen LogP contribution in [0.15, 0.2) is 48.5 Å². The topological polar surface area (TPSA) is 49.6 Å². The third-order valence-corrected chi connectivity index (χ3v) is 5.60. The number of hydrogen-bond donors (Lipinski definition) is 1. The summed E-state index contributed by atoms with van der Waals surface area (Å²) in [5.74, 6) is 0.126. The van der Waals surface area contributed by atoms with Crippen LogP contribution in [0.1, 0.15) is 29.2 Å². The Bertz CT molecular complexity index is 792. The van der Waals surface area contributed by atoms with Gasteiger partial charge in [-0.05, 0) is 54.1 Å². The Morgan fingerprint density at radius 1 is 1.12 bits per heavy atom. The quantitative estimate of drug-likeness (QED) is 0.901. The number of rotatable bonds is 2. The minimum atomic E-state index is -0.263. The van der Waals surface area contributed by atoms with Gasteiger partial charge in [0.15, 0.2) is 0 Å². The first-order chi connectivity index (χ1) is 12.7. The van der Waals surface area contributed by atoms with Crippen molar-refractivity contribution in [1.29, 1.82) is 0 Å². The van der Waals surface area contributed by atoms with E-state index in [9.17, 15) is 9.18 Å². The van der Waals surface area contributed by atoms with Crippen molar-refractivity contribution < 1.29 is 9.18 Å². The predicted molar refractivity (Wildman–Crippen MR) is 99.2 cm³/mol. The van der Waals surface area contributed by atoms with E-state index >= 15 is 0 Å². The number of nitrogens with two attached hydrogens (primary N) is 1. The van der Waals surface area contributed by atoms with Crippen molar-refractivity contribution >= 4 is 6.03 Å². The van der Waals surface area contributed by atoms with Crippen LogP contribution in [0.5, 0.6) is 0 Å². The Kier molecular flexibility index (Phi) is 4.64. The maximum Gasteiger partial charge on any atom is 0.320 e. The first kappa shape index (κ1) is 17.0. The van der Waals surface area contributed by atoms with Crippen molar-refractivity contribution in [3.63, 3.8) is 0 Å². The molecule has 2 aromatic carbocycles. The summed E-state index contributed by atoms with van der Waals surface area (Å²) in [6, 6.07) is 14.6. The average molecular weight is 353 g/mol. The van der Waals surface area contributed by atoms with Crippen LogP contribution >= 0.6 is 0 Å². The molecule has 2 aromatic rings. The summed E-state index contributed by atoms with van der Waals surface area (Å²) in [4.78, 5) is 17.1. The lowest BCUT2D eigenvalue weighted by Gasteiger charge is -2.39. The molecule has 136 valence electrons. The lowest BCUT2D eigenvalue weighted by atomic mass is 9.88. The second-order valence-corrected chi connectivity index (χ2v) is 7.22. The summed E-state index contributed by atoms with van der Waals surface area (Å²) in [5, 5.41) is 0. The molecule has 26 heavy (non-hydrogen) atoms. The van der Waals surface area contributed by atoms with Crippen LogP contribution in [-0.2, 0) is 6.42 Å². The molecule has 4 nitrogen and oxygen atoms in total. The number of halogens is 1. The van der Waals surface area contributed by atoms with Crippen LogP contribution in [0, 0.1) is 11.7 Å². The third-order valence-electron chi connectivity index (χ3n) is 5.60. The Morgan fingerprint density at radius 3 is 2.62 bits per heavy atom. The number of nitrogens with zero attached hydrogens (tertiary/aromatic N) is 2. The van der Waals surface area contributed by atoms with Crippen LogP contribution in [0.25, 0.3) is 0 Å². The fourth-order valence-corrected chi connectivity index (χ4v) is 4.16. The molecule has 1 saturated heterocycles. The van der Waals surface area contributed by atoms with Crippen LogP contribution in [-0.4, -0.2) is 42.0 Å². The van der Waals surface area contributed by atoms with Crippen LogP contribution in [0.4, 0.5) is 9.18 Å². The molecule has 2 N–H and O–H groups in total. The summed E-state index contributed by atoms with van der Waals surface area (Å²) in [6.07, 6.45) is 1.81. The number of likely N-dealkylation sites (tertiary alicyclic amines) is 1. The zero-order valence-electron chi connectivity index (χ0n) is 14.8. The fourth-order valence-electron chi connectivity index (χ4n) is 4.16. The predicted octanol–water partition coefficient (Wildman–Crippen LogP) is 3.17. The lowest BCUT2D eigenvalue weighted by molar-refractivity contribution is 0.145. The van der Waals surface area contributed by atoms with E-state index in [4.69, 9.17) is 5.73 Å². The number of hydrogen-bond acceptors (Lipinski definition) is 2. The van der Waals surface area contributed by atoms with E-state index < -0.39 is 0 Å². The molecule has 2 amide bonds. The first-order valence-electron chi connectivity index (χ1n) is 9.26. The Labute approximate surface area is 153 Å². The van der Waals surface area contributed by atoms with Gasteiger partial charge in [0.25, 0.3) is 0 Å². The second-order valence-electron chi connectivity index (χ2n) is 7.22. The number of carbonyl (C=O) groups is 1. The highest BCUT2D eigenvalue weighted by Crippen LogP contribution is 2.36. The Hall–Kier alpha value is -2.40. The molecule has 0 bridgehead atoms. The van der Waals surface area contributed by atoms with Crippen molar-refractivity contribution in [3.05, 3.63) is 71.0 Å². The lowest BCUT2D eigenvalue weighted by Crippen LogP contribution is -2.47. The zero-order chi connectivity index (χ0) is 18.1. The minimum Gasteiger partial charge on any atom is -0.330 e. The van der Waals surface area contributed by atoms with Crippen LogP contribution in [0.2, 0.25) is 0 Å². The molecule has 0 saturated carbocycles. The smallest absolute Gasteiger partial charge is 0.320 e. The van der Waals surface area contributed by atoms with E-state index in [1.54, 1.807) is 12.1 Å². The number of carbonyl (C=O) groups excluding carboxylic acids is 1. The van der Waals surface area contributed by atoms with Gasteiger partial charge in [-0.2, -0.15) is 0 Å². The molecule has 0 spiro atoms. The standard InChI is InChI=1S/C21H24FN3O/c22-18-7-5-17(6-8-18)20-19-4-2-1-3-16(19)10-12-25(20)21(26)24-11-9-15(13-23)14-24/h1-8,15,20H,9-14,23H2/t15-,20-/m0/s1. The highest BCUT2D eigenvalue weighted by atomic mass is 19.1. The van der Waals surface area contributed by atoms with Gasteiger partial charge >= 0.3 is 6.03 Å². The van der Waals surface area contributed by atoms with Gasteiger partial charge in [0.1, 0.15) is 5.82 Å². The number of urea groups is 1. The molecule has 0 aliphatic carbocycles. The van der Waals surface area contributed by atoms with Gasteiger partial charge in [-0.3, -0.25) is 0 Å². The summed E-state index contributed by atoms with van der Waals surface area (Å²) in [6.45, 7) is 2.77. The number of benzene rings is 2. The van der Waals surface area contributed by atoms with Crippen LogP contribution < -0.4 is 5.73 Å². The van der Waals surface area contributed by atoms with Crippen LogP contribution in [0.3, 0.4) is 0 Å². The van der Waals surface area contributed by atoms with E-state index in [0.717, 1.165) is 37.1 Å². The maximum absolute atomic E-state index is 13.4. The van der Waals surface area contributed by atoms with Crippen molar-refractivity contribution in [2.45, 2.75) is 18.9 Å². The normalized spacial score (nSPS) is 22.4. The van der Waals surface area contributed by atoms with Gasteiger partial charge in [0.05, 0.1) is 6.04 Å². The zero-order valence-corrected chi connectivity index (χ0v) is 14.8. The van der Waals surface area contributed by atoms with Gasteiger partial charge < -0.3 is 15.5 Å². The number of amides is 2. The fraction of sp³-hybridized carbons (Fsp3) is 0.381. The second kappa shape index (κ2) is 7.08. The summed E-state index contributed by atoms with van der Waals surface area (Å²) >= 11 is 0. The van der Waals surface area contributed by atoms with Crippen molar-refractivity contribution in [2.75, 3.05) is 26.2 Å². The Morgan fingerprint density at radius 2 is 1.88 bits per heavy atom. The van der Waals surface area contributed by atoms with E-state index in [-0.39, 0.29) is 17.9 Å². The van der Waals surface area contributed by atoms with Crippen molar-refractivity contribution in [1.82, 2.24) is 9.80 Å². The number of fused-ring (bicyclic) bond motifs is 1.